The summed E-state index contributed by atoms with van der Waals surface area (Å²) in [7, 11) is 10.1. The number of Topliss-reactive ketones (excluding diaryl/α,β-unsaturated/α-hetero) is 1. The zero-order valence-corrected chi connectivity index (χ0v) is 19.7. The van der Waals surface area contributed by atoms with Crippen molar-refractivity contribution in [1.82, 2.24) is 9.88 Å². The molecule has 8 nitrogen and oxygen atoms in total. The smallest absolute Gasteiger partial charge is 0.414 e. The Hall–Kier alpha value is -2.65. The predicted molar refractivity (Wildman–Crippen MR) is 109 cm³/mol. The second-order valence-corrected chi connectivity index (χ2v) is 7.46. The molecule has 1 heterocycles. The number of pyridine rings is 1. The zero-order valence-electron chi connectivity index (χ0n) is 18.1. The van der Waals surface area contributed by atoms with Crippen LogP contribution in [0.5, 0.6) is 17.2 Å². The van der Waals surface area contributed by atoms with Crippen molar-refractivity contribution in [3.05, 3.63) is 47.8 Å². The molecule has 2 rings (SSSR count). The van der Waals surface area contributed by atoms with E-state index in [9.17, 15) is 9.59 Å². The number of likely N-dealkylation sites (N-methyl/N-ethyl adjacent to an activating group) is 1. The maximum absolute atomic E-state index is 12.8. The SMILES string of the molecule is COc1ccc(C(=O)C[N+](C)(C)Cc2ncccc2OC(=O)N(C)C)cc1OC.[Br-]. The van der Waals surface area contributed by atoms with Gasteiger partial charge in [-0.15, -0.1) is 0 Å². The zero-order chi connectivity index (χ0) is 21.6. The van der Waals surface area contributed by atoms with Crippen LogP contribution >= 0.6 is 0 Å². The third-order valence-electron chi connectivity index (χ3n) is 4.27. The van der Waals surface area contributed by atoms with E-state index in [1.807, 2.05) is 14.1 Å². The highest BCUT2D eigenvalue weighted by Gasteiger charge is 2.25. The van der Waals surface area contributed by atoms with Crippen molar-refractivity contribution in [3.63, 3.8) is 0 Å². The molecule has 0 aliphatic rings. The van der Waals surface area contributed by atoms with Gasteiger partial charge in [0.15, 0.2) is 17.2 Å². The molecular formula is C21H28BrN3O5. The van der Waals surface area contributed by atoms with E-state index in [1.54, 1.807) is 57.7 Å². The number of nitrogens with zero attached hydrogens (tertiary/aromatic N) is 3. The molecule has 9 heteroatoms. The fourth-order valence-electron chi connectivity index (χ4n) is 2.77. The van der Waals surface area contributed by atoms with E-state index in [0.29, 0.717) is 39.5 Å². The first kappa shape index (κ1) is 25.4. The van der Waals surface area contributed by atoms with Crippen molar-refractivity contribution >= 4 is 11.9 Å². The molecule has 1 aromatic carbocycles. The number of aromatic nitrogens is 1. The minimum atomic E-state index is -0.481. The Morgan fingerprint density at radius 1 is 1.03 bits per heavy atom. The number of ether oxygens (including phenoxy) is 3. The van der Waals surface area contributed by atoms with Crippen molar-refractivity contribution in [2.45, 2.75) is 6.54 Å². The fraction of sp³-hybridized carbons (Fsp3) is 0.381. The first-order chi connectivity index (χ1) is 13.7. The average molecular weight is 482 g/mol. The van der Waals surface area contributed by atoms with E-state index in [4.69, 9.17) is 14.2 Å². The Labute approximate surface area is 187 Å². The van der Waals surface area contributed by atoms with Crippen LogP contribution in [0.4, 0.5) is 4.79 Å². The summed E-state index contributed by atoms with van der Waals surface area (Å²) in [6.07, 6.45) is 1.16. The van der Waals surface area contributed by atoms with Crippen LogP contribution in [0, 0.1) is 0 Å². The fourth-order valence-corrected chi connectivity index (χ4v) is 2.77. The Balaban J connectivity index is 0.00000450. The van der Waals surface area contributed by atoms with Gasteiger partial charge in [-0.2, -0.15) is 0 Å². The van der Waals surface area contributed by atoms with Crippen LogP contribution in [0.15, 0.2) is 36.5 Å². The molecule has 0 radical (unpaired) electrons. The standard InChI is InChI=1S/C21H28N3O5.BrH/c1-23(2)21(26)29-18-8-7-11-22-16(18)13-24(3,4)14-17(25)15-9-10-19(27-5)20(12-15)28-6;/h7-12H,13-14H2,1-6H3;1H/q+1;/p-1. The molecule has 0 unspecified atom stereocenters. The van der Waals surface area contributed by atoms with E-state index in [-0.39, 0.29) is 29.3 Å². The molecule has 0 atom stereocenters. The molecule has 1 aromatic heterocycles. The summed E-state index contributed by atoms with van der Waals surface area (Å²) >= 11 is 0. The molecule has 0 saturated carbocycles. The first-order valence-electron chi connectivity index (χ1n) is 9.07. The van der Waals surface area contributed by atoms with Gasteiger partial charge in [-0.1, -0.05) is 0 Å². The number of carbonyl (C=O) groups is 2. The average Bonchev–Trinajstić information content (AvgIpc) is 2.68. The third kappa shape index (κ3) is 6.70. The minimum Gasteiger partial charge on any atom is -1.00 e. The van der Waals surface area contributed by atoms with Crippen molar-refractivity contribution in [2.24, 2.45) is 0 Å². The third-order valence-corrected chi connectivity index (χ3v) is 4.27. The Bertz CT molecular complexity index is 887. The first-order valence-corrected chi connectivity index (χ1v) is 9.07. The van der Waals surface area contributed by atoms with E-state index < -0.39 is 6.09 Å². The van der Waals surface area contributed by atoms with E-state index in [2.05, 4.69) is 4.98 Å². The molecule has 164 valence electrons. The van der Waals surface area contributed by atoms with Crippen LogP contribution in [0.1, 0.15) is 16.1 Å². The van der Waals surface area contributed by atoms with Gasteiger partial charge in [0.05, 0.1) is 28.3 Å². The lowest BCUT2D eigenvalue weighted by Gasteiger charge is -2.29. The van der Waals surface area contributed by atoms with Crippen LogP contribution < -0.4 is 31.2 Å². The van der Waals surface area contributed by atoms with Gasteiger partial charge < -0.3 is 40.6 Å². The van der Waals surface area contributed by atoms with Gasteiger partial charge >= 0.3 is 6.09 Å². The highest BCUT2D eigenvalue weighted by atomic mass is 79.9. The molecule has 0 bridgehead atoms. The molecule has 30 heavy (non-hydrogen) atoms. The summed E-state index contributed by atoms with van der Waals surface area (Å²) in [5.41, 5.74) is 1.14. The maximum atomic E-state index is 12.8. The summed E-state index contributed by atoms with van der Waals surface area (Å²) in [6.45, 7) is 0.642. The lowest BCUT2D eigenvalue weighted by molar-refractivity contribution is -0.895. The van der Waals surface area contributed by atoms with E-state index >= 15 is 0 Å². The molecule has 0 aliphatic heterocycles. The number of carbonyl (C=O) groups excluding carboxylic acids is 2. The second-order valence-electron chi connectivity index (χ2n) is 7.46. The highest BCUT2D eigenvalue weighted by Crippen LogP contribution is 2.28. The van der Waals surface area contributed by atoms with Gasteiger partial charge in [0.1, 0.15) is 18.8 Å². The number of benzene rings is 1. The topological polar surface area (TPSA) is 78.0 Å². The van der Waals surface area contributed by atoms with Gasteiger partial charge in [0.2, 0.25) is 5.78 Å². The molecule has 0 saturated heterocycles. The summed E-state index contributed by atoms with van der Waals surface area (Å²) in [6, 6.07) is 8.50. The second kappa shape index (κ2) is 10.9. The van der Waals surface area contributed by atoms with Crippen molar-refractivity contribution in [1.29, 1.82) is 0 Å². The van der Waals surface area contributed by atoms with Crippen LogP contribution in [-0.2, 0) is 6.54 Å². The van der Waals surface area contributed by atoms with Crippen molar-refractivity contribution < 1.29 is 45.3 Å². The lowest BCUT2D eigenvalue weighted by Crippen LogP contribution is -3.00. The number of rotatable bonds is 8. The molecule has 0 spiro atoms. The van der Waals surface area contributed by atoms with Crippen LogP contribution in [-0.4, -0.2) is 75.2 Å². The normalized spacial score (nSPS) is 10.6. The number of ketones is 1. The Kier molecular flexibility index (Phi) is 9.25. The number of hydrogen-bond donors (Lipinski definition) is 0. The summed E-state index contributed by atoms with van der Waals surface area (Å²) < 4.78 is 16.2. The molecule has 1 amide bonds. The molecular weight excluding hydrogens is 454 g/mol. The quantitative estimate of drug-likeness (QED) is 0.377. The summed E-state index contributed by atoms with van der Waals surface area (Å²) in [4.78, 5) is 30.4. The molecule has 0 N–H and O–H groups in total. The Morgan fingerprint density at radius 3 is 2.30 bits per heavy atom. The van der Waals surface area contributed by atoms with Gasteiger partial charge in [0, 0.05) is 25.9 Å². The van der Waals surface area contributed by atoms with Gasteiger partial charge in [-0.3, -0.25) is 9.78 Å². The largest absolute Gasteiger partial charge is 1.00 e. The van der Waals surface area contributed by atoms with Crippen molar-refractivity contribution in [2.75, 3.05) is 49.0 Å². The van der Waals surface area contributed by atoms with Gasteiger partial charge in [0.25, 0.3) is 0 Å². The van der Waals surface area contributed by atoms with E-state index in [1.165, 1.54) is 12.0 Å². The summed E-state index contributed by atoms with van der Waals surface area (Å²) in [5.74, 6) is 1.42. The number of methoxy groups -OCH3 is 2. The predicted octanol–water partition coefficient (Wildman–Crippen LogP) is -0.377. The van der Waals surface area contributed by atoms with Crippen LogP contribution in [0.2, 0.25) is 0 Å². The molecule has 0 fully saturated rings. The maximum Gasteiger partial charge on any atom is 0.414 e. The number of halogens is 1. The van der Waals surface area contributed by atoms with Gasteiger partial charge in [-0.25, -0.2) is 4.79 Å². The molecule has 0 aliphatic carbocycles. The lowest BCUT2D eigenvalue weighted by atomic mass is 10.1. The number of amides is 1. The van der Waals surface area contributed by atoms with Gasteiger partial charge in [-0.05, 0) is 30.3 Å². The monoisotopic (exact) mass is 481 g/mol. The van der Waals surface area contributed by atoms with E-state index in [0.717, 1.165) is 0 Å². The number of hydrogen-bond acceptors (Lipinski definition) is 6. The minimum absolute atomic E-state index is 0. The number of quaternary nitrogens is 1. The van der Waals surface area contributed by atoms with Crippen LogP contribution in [0.25, 0.3) is 0 Å². The highest BCUT2D eigenvalue weighted by molar-refractivity contribution is 5.97. The molecule has 2 aromatic rings. The van der Waals surface area contributed by atoms with Crippen molar-refractivity contribution in [3.8, 4) is 17.2 Å². The summed E-state index contributed by atoms with van der Waals surface area (Å²) in [5, 5.41) is 0. The Morgan fingerprint density at radius 2 is 1.70 bits per heavy atom. The van der Waals surface area contributed by atoms with Crippen LogP contribution in [0.3, 0.4) is 0 Å².